The van der Waals surface area contributed by atoms with Crippen molar-refractivity contribution in [2.75, 3.05) is 0 Å². The second kappa shape index (κ2) is 4.58. The van der Waals surface area contributed by atoms with Gasteiger partial charge < -0.3 is 4.57 Å². The summed E-state index contributed by atoms with van der Waals surface area (Å²) in [5.41, 5.74) is 0. The van der Waals surface area contributed by atoms with Crippen LogP contribution >= 0.6 is 7.80 Å². The van der Waals surface area contributed by atoms with Crippen molar-refractivity contribution in [1.29, 1.82) is 0 Å². The van der Waals surface area contributed by atoms with Gasteiger partial charge in [-0.2, -0.15) is 0 Å². The molecule has 4 heteroatoms. The Hall–Kier alpha value is -1.47. The maximum absolute atomic E-state index is 13.4. The smallest absolute Gasteiger partial charge is 0.169 e. The number of benzene rings is 2. The van der Waals surface area contributed by atoms with Gasteiger partial charge in [-0.05, 0) is 12.1 Å². The third-order valence-corrected chi connectivity index (χ3v) is 3.97. The molecule has 1 nitrogen and oxygen atoms in total. The molecule has 0 spiro atoms. The van der Waals surface area contributed by atoms with Gasteiger partial charge >= 0.3 is 0 Å². The van der Waals surface area contributed by atoms with Crippen molar-refractivity contribution in [3.8, 4) is 0 Å². The predicted octanol–water partition coefficient (Wildman–Crippen LogP) is 2.48. The fraction of sp³-hybridized carbons (Fsp3) is 0. The molecule has 0 amide bonds. The van der Waals surface area contributed by atoms with Gasteiger partial charge in [-0.25, -0.2) is 8.78 Å². The Bertz CT molecular complexity index is 526. The van der Waals surface area contributed by atoms with Gasteiger partial charge in [0.25, 0.3) is 0 Å². The lowest BCUT2D eigenvalue weighted by molar-refractivity contribution is 0.513. The van der Waals surface area contributed by atoms with Crippen LogP contribution in [-0.4, -0.2) is 0 Å². The van der Waals surface area contributed by atoms with E-state index in [1.165, 1.54) is 12.1 Å². The summed E-state index contributed by atoms with van der Waals surface area (Å²) in [6, 6.07) is 12.2. The first-order chi connectivity index (χ1) is 7.70. The Labute approximate surface area is 92.5 Å². The van der Waals surface area contributed by atoms with Gasteiger partial charge in [0.05, 0.1) is 5.30 Å². The number of halogens is 2. The number of rotatable bonds is 2. The lowest BCUT2D eigenvalue weighted by Crippen LogP contribution is -2.11. The Morgan fingerprint density at radius 1 is 0.875 bits per heavy atom. The first-order valence-corrected chi connectivity index (χ1v) is 6.15. The number of hydrogen-bond acceptors (Lipinski definition) is 1. The Morgan fingerprint density at radius 3 is 2.25 bits per heavy atom. The van der Waals surface area contributed by atoms with Crippen molar-refractivity contribution in [3.05, 3.63) is 60.2 Å². The van der Waals surface area contributed by atoms with E-state index in [9.17, 15) is 13.3 Å². The highest BCUT2D eigenvalue weighted by Gasteiger charge is 2.14. The van der Waals surface area contributed by atoms with Gasteiger partial charge in [-0.15, -0.1) is 0 Å². The summed E-state index contributed by atoms with van der Waals surface area (Å²) >= 11 is 0. The van der Waals surface area contributed by atoms with Crippen molar-refractivity contribution in [1.82, 2.24) is 0 Å². The Balaban J connectivity index is 2.46. The fourth-order valence-electron chi connectivity index (χ4n) is 1.42. The largest absolute Gasteiger partial charge is 0.317 e. The molecule has 0 aliphatic carbocycles. The molecule has 0 bridgehead atoms. The molecule has 0 saturated carbocycles. The molecule has 2 rings (SSSR count). The topological polar surface area (TPSA) is 17.1 Å². The summed E-state index contributed by atoms with van der Waals surface area (Å²) in [6.07, 6.45) is 0. The van der Waals surface area contributed by atoms with E-state index in [-0.39, 0.29) is 5.30 Å². The molecule has 1 atom stereocenters. The van der Waals surface area contributed by atoms with Crippen molar-refractivity contribution in [2.45, 2.75) is 0 Å². The van der Waals surface area contributed by atoms with E-state index in [0.717, 1.165) is 6.07 Å². The summed E-state index contributed by atoms with van der Waals surface area (Å²) in [5.74, 6) is -1.98. The van der Waals surface area contributed by atoms with Crippen molar-refractivity contribution >= 4 is 18.4 Å². The van der Waals surface area contributed by atoms with Crippen LogP contribution in [0, 0.1) is 11.6 Å². The highest BCUT2D eigenvalue weighted by atomic mass is 31.1. The zero-order chi connectivity index (χ0) is 11.5. The average molecular weight is 238 g/mol. The van der Waals surface area contributed by atoms with Crippen LogP contribution in [0.1, 0.15) is 0 Å². The van der Waals surface area contributed by atoms with Gasteiger partial charge in [0.15, 0.2) is 11.6 Å². The summed E-state index contributed by atoms with van der Waals surface area (Å²) < 4.78 is 38.3. The second-order valence-electron chi connectivity index (χ2n) is 3.30. The summed E-state index contributed by atoms with van der Waals surface area (Å²) in [6.45, 7) is 0. The standard InChI is InChI=1S/C12H9F2OP/c13-10-7-4-8-11(12(10)14)16(15)9-5-2-1-3-6-9/h1-8,16H. The molecule has 0 aromatic heterocycles. The monoisotopic (exact) mass is 238 g/mol. The average Bonchev–Trinajstić information content (AvgIpc) is 2.33. The highest BCUT2D eigenvalue weighted by molar-refractivity contribution is 7.61. The van der Waals surface area contributed by atoms with Crippen molar-refractivity contribution < 1.29 is 13.3 Å². The summed E-state index contributed by atoms with van der Waals surface area (Å²) in [5, 5.41) is 0.466. The molecule has 0 saturated heterocycles. The molecule has 0 fully saturated rings. The van der Waals surface area contributed by atoms with Crippen LogP contribution in [-0.2, 0) is 4.57 Å². The van der Waals surface area contributed by atoms with E-state index < -0.39 is 19.4 Å². The van der Waals surface area contributed by atoms with E-state index in [4.69, 9.17) is 0 Å². The molecule has 0 heterocycles. The maximum atomic E-state index is 13.4. The van der Waals surface area contributed by atoms with E-state index in [0.29, 0.717) is 5.30 Å². The maximum Gasteiger partial charge on any atom is 0.169 e. The Kier molecular flexibility index (Phi) is 3.16. The molecule has 0 radical (unpaired) electrons. The molecule has 0 aliphatic heterocycles. The van der Waals surface area contributed by atoms with Gasteiger partial charge in [-0.3, -0.25) is 0 Å². The van der Waals surface area contributed by atoms with Crippen LogP contribution in [0.3, 0.4) is 0 Å². The van der Waals surface area contributed by atoms with Gasteiger partial charge in [0.2, 0.25) is 0 Å². The molecule has 2 aromatic rings. The minimum absolute atomic E-state index is 0.0591. The zero-order valence-electron chi connectivity index (χ0n) is 8.28. The minimum Gasteiger partial charge on any atom is -0.317 e. The zero-order valence-corrected chi connectivity index (χ0v) is 9.28. The first-order valence-electron chi connectivity index (χ1n) is 4.74. The molecule has 0 N–H and O–H groups in total. The van der Waals surface area contributed by atoms with Crippen LogP contribution in [0.5, 0.6) is 0 Å². The molecule has 0 aliphatic rings. The number of hydrogen-bond donors (Lipinski definition) is 0. The molecule has 1 unspecified atom stereocenters. The van der Waals surface area contributed by atoms with E-state index >= 15 is 0 Å². The van der Waals surface area contributed by atoms with Crippen LogP contribution < -0.4 is 10.6 Å². The van der Waals surface area contributed by atoms with Crippen LogP contribution in [0.2, 0.25) is 0 Å². The first kappa shape index (κ1) is 11.0. The van der Waals surface area contributed by atoms with Crippen LogP contribution in [0.25, 0.3) is 0 Å². The summed E-state index contributed by atoms with van der Waals surface area (Å²) in [4.78, 5) is 0. The molecular formula is C12H9F2OP. The summed E-state index contributed by atoms with van der Waals surface area (Å²) in [7, 11) is -2.46. The quantitative estimate of drug-likeness (QED) is 0.734. The Morgan fingerprint density at radius 2 is 1.56 bits per heavy atom. The third kappa shape index (κ3) is 2.05. The predicted molar refractivity (Wildman–Crippen MR) is 61.1 cm³/mol. The molecule has 2 aromatic carbocycles. The van der Waals surface area contributed by atoms with Crippen molar-refractivity contribution in [3.63, 3.8) is 0 Å². The lowest BCUT2D eigenvalue weighted by atomic mass is 10.3. The minimum atomic E-state index is -2.46. The fourth-order valence-corrected chi connectivity index (χ4v) is 2.80. The van der Waals surface area contributed by atoms with Crippen LogP contribution in [0.15, 0.2) is 48.5 Å². The van der Waals surface area contributed by atoms with Gasteiger partial charge in [0.1, 0.15) is 7.80 Å². The highest BCUT2D eigenvalue weighted by Crippen LogP contribution is 2.21. The third-order valence-electron chi connectivity index (χ3n) is 2.23. The SMILES string of the molecule is O=[PH](c1ccccc1)c1cccc(F)c1F. The molecular weight excluding hydrogens is 229 g/mol. The van der Waals surface area contributed by atoms with Gasteiger partial charge in [0, 0.05) is 5.30 Å². The van der Waals surface area contributed by atoms with Crippen molar-refractivity contribution in [2.24, 2.45) is 0 Å². The van der Waals surface area contributed by atoms with Gasteiger partial charge in [-0.1, -0.05) is 36.4 Å². The normalized spacial score (nSPS) is 12.4. The molecule has 16 heavy (non-hydrogen) atoms. The van der Waals surface area contributed by atoms with E-state index in [1.54, 1.807) is 30.3 Å². The molecule has 82 valence electrons. The van der Waals surface area contributed by atoms with Crippen LogP contribution in [0.4, 0.5) is 8.78 Å². The second-order valence-corrected chi connectivity index (χ2v) is 5.07. The van der Waals surface area contributed by atoms with E-state index in [2.05, 4.69) is 0 Å². The lowest BCUT2D eigenvalue weighted by Gasteiger charge is -2.04. The van der Waals surface area contributed by atoms with E-state index in [1.807, 2.05) is 0 Å².